The first-order chi connectivity index (χ1) is 12.4. The van der Waals surface area contributed by atoms with Crippen molar-refractivity contribution in [1.82, 2.24) is 4.98 Å². The van der Waals surface area contributed by atoms with Crippen molar-refractivity contribution in [3.05, 3.63) is 77.5 Å². The first kappa shape index (κ1) is 16.8. The van der Waals surface area contributed by atoms with E-state index in [1.165, 1.54) is 44.0 Å². The van der Waals surface area contributed by atoms with Crippen LogP contribution in [0.15, 0.2) is 60.8 Å². The molecular weight excluding hydrogens is 314 g/mol. The van der Waals surface area contributed by atoms with Gasteiger partial charge in [-0.1, -0.05) is 63.2 Å². The fourth-order valence-electron chi connectivity index (χ4n) is 4.09. The van der Waals surface area contributed by atoms with Crippen molar-refractivity contribution in [2.75, 3.05) is 0 Å². The van der Waals surface area contributed by atoms with E-state index in [4.69, 9.17) is 4.98 Å². The Morgan fingerprint density at radius 1 is 0.731 bits per heavy atom. The van der Waals surface area contributed by atoms with E-state index in [0.29, 0.717) is 0 Å². The van der Waals surface area contributed by atoms with Crippen LogP contribution in [-0.4, -0.2) is 4.98 Å². The third-order valence-corrected chi connectivity index (χ3v) is 5.31. The average Bonchev–Trinajstić information content (AvgIpc) is 2.60. The Balaban J connectivity index is 2.23. The minimum Gasteiger partial charge on any atom is -0.256 e. The molecule has 26 heavy (non-hydrogen) atoms. The molecule has 0 atom stereocenters. The Labute approximate surface area is 155 Å². The number of rotatable bonds is 1. The van der Waals surface area contributed by atoms with Gasteiger partial charge in [-0.05, 0) is 64.6 Å². The summed E-state index contributed by atoms with van der Waals surface area (Å²) in [5.41, 5.74) is 7.78. The number of aromatic nitrogens is 1. The Kier molecular flexibility index (Phi) is 3.84. The highest BCUT2D eigenvalue weighted by Crippen LogP contribution is 2.40. The van der Waals surface area contributed by atoms with Crippen LogP contribution in [-0.2, 0) is 5.41 Å². The smallest absolute Gasteiger partial charge is 0.0786 e. The van der Waals surface area contributed by atoms with Crippen molar-refractivity contribution in [2.45, 2.75) is 40.0 Å². The van der Waals surface area contributed by atoms with Crippen molar-refractivity contribution in [3.63, 3.8) is 0 Å². The molecule has 0 fully saturated rings. The molecule has 1 nitrogen and oxygen atoms in total. The van der Waals surface area contributed by atoms with Crippen molar-refractivity contribution < 1.29 is 0 Å². The molecule has 1 heteroatoms. The van der Waals surface area contributed by atoms with Gasteiger partial charge in [0.25, 0.3) is 0 Å². The summed E-state index contributed by atoms with van der Waals surface area (Å²) in [5.74, 6) is 0. The zero-order valence-electron chi connectivity index (χ0n) is 16.2. The summed E-state index contributed by atoms with van der Waals surface area (Å²) in [4.78, 5) is 4.78. The highest BCUT2D eigenvalue weighted by molar-refractivity contribution is 6.13. The van der Waals surface area contributed by atoms with Crippen LogP contribution in [0.1, 0.15) is 37.5 Å². The molecule has 1 heterocycles. The normalized spacial score (nSPS) is 12.0. The van der Waals surface area contributed by atoms with Gasteiger partial charge in [-0.2, -0.15) is 0 Å². The highest BCUT2D eigenvalue weighted by atomic mass is 14.6. The van der Waals surface area contributed by atoms with Gasteiger partial charge in [-0.25, -0.2) is 0 Å². The minimum absolute atomic E-state index is 0.0833. The van der Waals surface area contributed by atoms with Gasteiger partial charge < -0.3 is 0 Å². The molecule has 0 aliphatic carbocycles. The summed E-state index contributed by atoms with van der Waals surface area (Å²) < 4.78 is 0. The van der Waals surface area contributed by atoms with Crippen molar-refractivity contribution in [1.29, 1.82) is 0 Å². The van der Waals surface area contributed by atoms with Crippen LogP contribution in [0.3, 0.4) is 0 Å². The lowest BCUT2D eigenvalue weighted by Crippen LogP contribution is -2.11. The summed E-state index contributed by atoms with van der Waals surface area (Å²) in [7, 11) is 0. The lowest BCUT2D eigenvalue weighted by atomic mass is 9.81. The third-order valence-electron chi connectivity index (χ3n) is 5.31. The Bertz CT molecular complexity index is 1110. The SMILES string of the molecule is Cc1cccc(C)c1-c1cc2c(C(C)(C)C)cccc2c2ncccc12. The first-order valence-electron chi connectivity index (χ1n) is 9.25. The zero-order chi connectivity index (χ0) is 18.5. The predicted octanol–water partition coefficient (Wildman–Crippen LogP) is 6.97. The standard InChI is InChI=1S/C25H25N/c1-16-9-6-10-17(2)23(16)21-15-20-18(24-19(21)12-8-14-26-24)11-7-13-22(20)25(3,4)5/h6-15H,1-5H3. The summed E-state index contributed by atoms with van der Waals surface area (Å²) in [5, 5.41) is 3.77. The Morgan fingerprint density at radius 2 is 1.38 bits per heavy atom. The van der Waals surface area contributed by atoms with Gasteiger partial charge in [0.05, 0.1) is 5.52 Å². The fourth-order valence-corrected chi connectivity index (χ4v) is 4.09. The van der Waals surface area contributed by atoms with Crippen LogP contribution in [0.4, 0.5) is 0 Å². The lowest BCUT2D eigenvalue weighted by molar-refractivity contribution is 0.596. The second-order valence-electron chi connectivity index (χ2n) is 8.24. The summed E-state index contributed by atoms with van der Waals surface area (Å²) in [6.07, 6.45) is 1.90. The number of fused-ring (bicyclic) bond motifs is 3. The molecule has 0 saturated carbocycles. The Morgan fingerprint density at radius 3 is 2.08 bits per heavy atom. The van der Waals surface area contributed by atoms with E-state index in [9.17, 15) is 0 Å². The molecule has 0 unspecified atom stereocenters. The van der Waals surface area contributed by atoms with Crippen LogP contribution >= 0.6 is 0 Å². The molecule has 1 aromatic heterocycles. The molecule has 0 spiro atoms. The molecule has 0 bridgehead atoms. The predicted molar refractivity (Wildman–Crippen MR) is 113 cm³/mol. The monoisotopic (exact) mass is 339 g/mol. The van der Waals surface area contributed by atoms with E-state index in [-0.39, 0.29) is 5.41 Å². The first-order valence-corrected chi connectivity index (χ1v) is 9.25. The molecule has 0 N–H and O–H groups in total. The maximum atomic E-state index is 4.78. The van der Waals surface area contributed by atoms with Gasteiger partial charge in [0.1, 0.15) is 0 Å². The van der Waals surface area contributed by atoms with Gasteiger partial charge in [0.2, 0.25) is 0 Å². The van der Waals surface area contributed by atoms with Gasteiger partial charge in [0.15, 0.2) is 0 Å². The quantitative estimate of drug-likeness (QED) is 0.341. The van der Waals surface area contributed by atoms with Crippen LogP contribution in [0.5, 0.6) is 0 Å². The molecule has 0 saturated heterocycles. The molecule has 4 aromatic rings. The van der Waals surface area contributed by atoms with Gasteiger partial charge >= 0.3 is 0 Å². The zero-order valence-corrected chi connectivity index (χ0v) is 16.2. The molecule has 3 aromatic carbocycles. The van der Waals surface area contributed by atoms with Gasteiger partial charge in [-0.15, -0.1) is 0 Å². The van der Waals surface area contributed by atoms with E-state index in [1.807, 2.05) is 12.3 Å². The number of nitrogens with zero attached hydrogens (tertiary/aromatic N) is 1. The molecule has 0 radical (unpaired) electrons. The second kappa shape index (κ2) is 5.95. The molecule has 4 rings (SSSR count). The van der Waals surface area contributed by atoms with Crippen LogP contribution < -0.4 is 0 Å². The second-order valence-corrected chi connectivity index (χ2v) is 8.24. The fraction of sp³-hybridized carbons (Fsp3) is 0.240. The minimum atomic E-state index is 0.0833. The highest BCUT2D eigenvalue weighted by Gasteiger charge is 2.20. The van der Waals surface area contributed by atoms with E-state index < -0.39 is 0 Å². The number of hydrogen-bond acceptors (Lipinski definition) is 1. The maximum absolute atomic E-state index is 4.78. The molecule has 0 aliphatic rings. The summed E-state index contributed by atoms with van der Waals surface area (Å²) >= 11 is 0. The van der Waals surface area contributed by atoms with Crippen LogP contribution in [0, 0.1) is 13.8 Å². The Hall–Kier alpha value is -2.67. The molecule has 0 aliphatic heterocycles. The number of pyridine rings is 1. The van der Waals surface area contributed by atoms with E-state index in [2.05, 4.69) is 83.1 Å². The van der Waals surface area contributed by atoms with E-state index in [0.717, 1.165) is 5.52 Å². The van der Waals surface area contributed by atoms with Crippen molar-refractivity contribution >= 4 is 21.7 Å². The van der Waals surface area contributed by atoms with Gasteiger partial charge in [-0.3, -0.25) is 4.98 Å². The molecule has 0 amide bonds. The van der Waals surface area contributed by atoms with Crippen molar-refractivity contribution in [3.8, 4) is 11.1 Å². The van der Waals surface area contributed by atoms with Crippen LogP contribution in [0.2, 0.25) is 0 Å². The number of benzene rings is 3. The number of hydrogen-bond donors (Lipinski definition) is 0. The molecular formula is C25H25N. The van der Waals surface area contributed by atoms with Gasteiger partial charge in [0, 0.05) is 17.0 Å². The number of aryl methyl sites for hydroxylation is 2. The average molecular weight is 339 g/mol. The van der Waals surface area contributed by atoms with E-state index >= 15 is 0 Å². The van der Waals surface area contributed by atoms with Crippen LogP contribution in [0.25, 0.3) is 32.8 Å². The van der Waals surface area contributed by atoms with E-state index in [1.54, 1.807) is 0 Å². The topological polar surface area (TPSA) is 12.9 Å². The maximum Gasteiger partial charge on any atom is 0.0786 e. The van der Waals surface area contributed by atoms with Crippen molar-refractivity contribution in [2.24, 2.45) is 0 Å². The largest absolute Gasteiger partial charge is 0.256 e. The summed E-state index contributed by atoms with van der Waals surface area (Å²) in [6.45, 7) is 11.2. The third kappa shape index (κ3) is 2.59. The molecule has 130 valence electrons. The lowest BCUT2D eigenvalue weighted by Gasteiger charge is -2.23. The summed E-state index contributed by atoms with van der Waals surface area (Å²) in [6, 6.07) is 19.8.